The van der Waals surface area contributed by atoms with Gasteiger partial charge in [-0.2, -0.15) is 4.37 Å². The Morgan fingerprint density at radius 3 is 2.85 bits per heavy atom. The molecule has 1 aromatic rings. The quantitative estimate of drug-likeness (QED) is 0.654. The Morgan fingerprint density at radius 1 is 1.40 bits per heavy atom. The van der Waals surface area contributed by atoms with Crippen molar-refractivity contribution in [1.82, 2.24) is 9.69 Å². The Kier molecular flexibility index (Phi) is 3.80. The highest BCUT2D eigenvalue weighted by molar-refractivity contribution is 7.11. The van der Waals surface area contributed by atoms with Crippen LogP contribution in [0.4, 0.5) is 10.8 Å². The van der Waals surface area contributed by atoms with Gasteiger partial charge in [-0.25, -0.2) is 0 Å². The minimum absolute atomic E-state index is 0.132. The number of hydrogen-bond donors (Lipinski definition) is 4. The van der Waals surface area contributed by atoms with Crippen molar-refractivity contribution in [2.24, 2.45) is 5.92 Å². The van der Waals surface area contributed by atoms with Gasteiger partial charge < -0.3 is 21.5 Å². The van der Waals surface area contributed by atoms with Crippen molar-refractivity contribution in [3.05, 3.63) is 5.56 Å². The van der Waals surface area contributed by atoms with E-state index in [-0.39, 0.29) is 12.0 Å². The molecule has 0 radical (unpaired) electrons. The lowest BCUT2D eigenvalue weighted by atomic mass is 10.1. The van der Waals surface area contributed by atoms with Crippen LogP contribution in [0.15, 0.2) is 0 Å². The van der Waals surface area contributed by atoms with E-state index in [0.29, 0.717) is 23.3 Å². The fourth-order valence-corrected chi connectivity index (χ4v) is 3.32. The van der Waals surface area contributed by atoms with Crippen LogP contribution in [-0.2, 0) is 0 Å². The van der Waals surface area contributed by atoms with E-state index in [1.54, 1.807) is 0 Å². The van der Waals surface area contributed by atoms with Crippen LogP contribution in [0.3, 0.4) is 0 Å². The normalized spacial score (nSPS) is 25.6. The van der Waals surface area contributed by atoms with Gasteiger partial charge in [0, 0.05) is 12.6 Å². The highest BCUT2D eigenvalue weighted by Gasteiger charge is 2.28. The van der Waals surface area contributed by atoms with E-state index >= 15 is 0 Å². The molecule has 2 atom stereocenters. The van der Waals surface area contributed by atoms with E-state index in [9.17, 15) is 9.90 Å². The monoisotopic (exact) mass is 296 g/mol. The van der Waals surface area contributed by atoms with E-state index in [1.165, 1.54) is 11.5 Å². The summed E-state index contributed by atoms with van der Waals surface area (Å²) in [5, 5.41) is 16.5. The molecule has 2 unspecified atom stereocenters. The van der Waals surface area contributed by atoms with Gasteiger partial charge in [0.05, 0.1) is 6.10 Å². The summed E-state index contributed by atoms with van der Waals surface area (Å²) in [4.78, 5) is 12.1. The number of nitrogens with zero attached hydrogens (tertiary/aromatic N) is 1. The maximum absolute atomic E-state index is 12.1. The zero-order valence-corrected chi connectivity index (χ0v) is 12.1. The van der Waals surface area contributed by atoms with Crippen molar-refractivity contribution in [2.75, 3.05) is 17.6 Å². The van der Waals surface area contributed by atoms with Crippen molar-refractivity contribution in [3.8, 4) is 0 Å². The van der Waals surface area contributed by atoms with Crippen molar-refractivity contribution in [1.29, 1.82) is 0 Å². The van der Waals surface area contributed by atoms with Gasteiger partial charge in [0.1, 0.15) is 10.6 Å². The third-order valence-corrected chi connectivity index (χ3v) is 4.74. The van der Waals surface area contributed by atoms with Crippen molar-refractivity contribution >= 4 is 28.3 Å². The molecule has 5 N–H and O–H groups in total. The molecule has 3 rings (SSSR count). The van der Waals surface area contributed by atoms with Gasteiger partial charge in [-0.1, -0.05) is 0 Å². The SMILES string of the molecule is Nc1nsc(NCC2CCC(O)C2)c1C(=O)NC1CC1. The van der Waals surface area contributed by atoms with E-state index in [0.717, 1.165) is 43.6 Å². The number of aromatic nitrogens is 1. The number of carbonyl (C=O) groups is 1. The second-order valence-corrected chi connectivity index (χ2v) is 6.51. The van der Waals surface area contributed by atoms with E-state index in [2.05, 4.69) is 15.0 Å². The maximum Gasteiger partial charge on any atom is 0.258 e. The molecule has 0 aliphatic heterocycles. The van der Waals surface area contributed by atoms with Crippen LogP contribution < -0.4 is 16.4 Å². The Bertz CT molecular complexity index is 501. The fraction of sp³-hybridized carbons (Fsp3) is 0.692. The number of rotatable bonds is 5. The predicted octanol–water partition coefficient (Wildman–Crippen LogP) is 1.19. The third kappa shape index (κ3) is 3.04. The first kappa shape index (κ1) is 13.6. The summed E-state index contributed by atoms with van der Waals surface area (Å²) in [5.74, 6) is 0.613. The van der Waals surface area contributed by atoms with Gasteiger partial charge in [0.15, 0.2) is 5.82 Å². The lowest BCUT2D eigenvalue weighted by molar-refractivity contribution is 0.0953. The number of anilines is 2. The Morgan fingerprint density at radius 2 is 2.20 bits per heavy atom. The molecule has 7 heteroatoms. The van der Waals surface area contributed by atoms with Crippen LogP contribution in [0.25, 0.3) is 0 Å². The summed E-state index contributed by atoms with van der Waals surface area (Å²) in [6.07, 6.45) is 4.63. The number of nitrogens with one attached hydrogen (secondary N) is 2. The zero-order valence-electron chi connectivity index (χ0n) is 11.3. The largest absolute Gasteiger partial charge is 0.393 e. The van der Waals surface area contributed by atoms with Gasteiger partial charge in [0.25, 0.3) is 5.91 Å². The molecule has 2 aliphatic rings. The van der Waals surface area contributed by atoms with Gasteiger partial charge >= 0.3 is 0 Å². The summed E-state index contributed by atoms with van der Waals surface area (Å²) in [6, 6.07) is 0.305. The molecule has 0 bridgehead atoms. The molecular formula is C13H20N4O2S. The molecule has 1 aromatic heterocycles. The van der Waals surface area contributed by atoms with Crippen LogP contribution in [0, 0.1) is 5.92 Å². The van der Waals surface area contributed by atoms with Crippen LogP contribution in [0.1, 0.15) is 42.5 Å². The number of carbonyl (C=O) groups excluding carboxylic acids is 1. The molecule has 2 saturated carbocycles. The molecule has 20 heavy (non-hydrogen) atoms. The molecule has 1 amide bonds. The number of amides is 1. The maximum atomic E-state index is 12.1. The fourth-order valence-electron chi connectivity index (χ4n) is 2.60. The minimum Gasteiger partial charge on any atom is -0.393 e. The average molecular weight is 296 g/mol. The van der Waals surface area contributed by atoms with Crippen molar-refractivity contribution in [3.63, 3.8) is 0 Å². The average Bonchev–Trinajstić information content (AvgIpc) is 2.99. The van der Waals surface area contributed by atoms with Crippen molar-refractivity contribution < 1.29 is 9.90 Å². The van der Waals surface area contributed by atoms with E-state index in [4.69, 9.17) is 5.73 Å². The summed E-state index contributed by atoms with van der Waals surface area (Å²) >= 11 is 1.23. The molecule has 0 saturated heterocycles. The second-order valence-electron chi connectivity index (χ2n) is 5.73. The van der Waals surface area contributed by atoms with Crippen molar-refractivity contribution in [2.45, 2.75) is 44.2 Å². The first-order chi connectivity index (χ1) is 9.63. The first-order valence-corrected chi connectivity index (χ1v) is 7.88. The van der Waals surface area contributed by atoms with E-state index in [1.807, 2.05) is 0 Å². The minimum atomic E-state index is -0.175. The van der Waals surface area contributed by atoms with Crippen LogP contribution in [0.5, 0.6) is 0 Å². The summed E-state index contributed by atoms with van der Waals surface area (Å²) in [5.41, 5.74) is 6.28. The highest BCUT2D eigenvalue weighted by Crippen LogP contribution is 2.30. The predicted molar refractivity (Wildman–Crippen MR) is 78.9 cm³/mol. The number of nitrogens with two attached hydrogens (primary N) is 1. The topological polar surface area (TPSA) is 100 Å². The lowest BCUT2D eigenvalue weighted by Gasteiger charge is -2.12. The molecule has 0 spiro atoms. The smallest absolute Gasteiger partial charge is 0.258 e. The molecule has 1 heterocycles. The van der Waals surface area contributed by atoms with Crippen LogP contribution >= 0.6 is 11.5 Å². The Hall–Kier alpha value is -1.34. The number of aliphatic hydroxyl groups excluding tert-OH is 1. The molecular weight excluding hydrogens is 276 g/mol. The van der Waals surface area contributed by atoms with Crippen LogP contribution in [0.2, 0.25) is 0 Å². The molecule has 2 aliphatic carbocycles. The van der Waals surface area contributed by atoms with E-state index < -0.39 is 0 Å². The Labute approximate surface area is 121 Å². The summed E-state index contributed by atoms with van der Waals surface area (Å²) in [7, 11) is 0. The number of hydrogen-bond acceptors (Lipinski definition) is 6. The summed E-state index contributed by atoms with van der Waals surface area (Å²) in [6.45, 7) is 0.752. The van der Waals surface area contributed by atoms with Gasteiger partial charge in [0.2, 0.25) is 0 Å². The van der Waals surface area contributed by atoms with Gasteiger partial charge in [-0.05, 0) is 49.6 Å². The van der Waals surface area contributed by atoms with Gasteiger partial charge in [-0.15, -0.1) is 0 Å². The summed E-state index contributed by atoms with van der Waals surface area (Å²) < 4.78 is 4.07. The second kappa shape index (κ2) is 5.57. The third-order valence-electron chi connectivity index (χ3n) is 3.92. The zero-order chi connectivity index (χ0) is 14.1. The molecule has 0 aromatic carbocycles. The number of nitrogen functional groups attached to an aromatic ring is 1. The molecule has 6 nitrogen and oxygen atoms in total. The highest BCUT2D eigenvalue weighted by atomic mass is 32.1. The van der Waals surface area contributed by atoms with Gasteiger partial charge in [-0.3, -0.25) is 4.79 Å². The Balaban J connectivity index is 1.62. The standard InChI is InChI=1S/C13H20N4O2S/c14-11-10(12(19)16-8-2-3-8)13(20-17-11)15-6-7-1-4-9(18)5-7/h7-9,15,18H,1-6H2,(H2,14,17)(H,16,19). The molecule has 2 fully saturated rings. The number of aliphatic hydroxyl groups is 1. The first-order valence-electron chi connectivity index (χ1n) is 7.11. The molecule has 110 valence electrons. The van der Waals surface area contributed by atoms with Crippen LogP contribution in [-0.4, -0.2) is 34.1 Å². The lowest BCUT2D eigenvalue weighted by Crippen LogP contribution is -2.27.